The van der Waals surface area contributed by atoms with Gasteiger partial charge in [-0.05, 0) is 19.8 Å². The quantitative estimate of drug-likeness (QED) is 0.602. The highest BCUT2D eigenvalue weighted by Gasteiger charge is 2.24. The first-order valence-electron chi connectivity index (χ1n) is 5.73. The van der Waals surface area contributed by atoms with Crippen LogP contribution in [0.25, 0.3) is 0 Å². The van der Waals surface area contributed by atoms with E-state index >= 15 is 0 Å². The number of hydrogen-bond donors (Lipinski definition) is 0. The van der Waals surface area contributed by atoms with Crippen molar-refractivity contribution in [3.05, 3.63) is 0 Å². The van der Waals surface area contributed by atoms with Gasteiger partial charge in [-0.25, -0.2) is 0 Å². The second-order valence-electron chi connectivity index (χ2n) is 3.25. The van der Waals surface area contributed by atoms with Gasteiger partial charge in [0.25, 0.3) is 0 Å². The summed E-state index contributed by atoms with van der Waals surface area (Å²) in [5.41, 5.74) is -0.464. The van der Waals surface area contributed by atoms with Crippen LogP contribution in [0.4, 0.5) is 0 Å². The Hall–Kier alpha value is -0.530. The fraction of sp³-hybridized carbons (Fsp3) is 0.900. The van der Waals surface area contributed by atoms with E-state index in [1.54, 1.807) is 0 Å². The molecule has 0 saturated carbocycles. The lowest BCUT2D eigenvalue weighted by Gasteiger charge is -2.28. The summed E-state index contributed by atoms with van der Waals surface area (Å²) in [4.78, 5) is 10.9. The maximum atomic E-state index is 10.9. The molecule has 0 aliphatic rings. The van der Waals surface area contributed by atoms with E-state index in [0.29, 0.717) is 13.8 Å². The Bertz CT molecular complexity index is 164. The van der Waals surface area contributed by atoms with Gasteiger partial charge in [-0.2, -0.15) is 0 Å². The number of esters is 1. The maximum Gasteiger partial charge on any atom is 0.303 e. The molecular weight excluding hydrogens is 152 g/mol. The van der Waals surface area contributed by atoms with Gasteiger partial charge >= 0.3 is 5.97 Å². The van der Waals surface area contributed by atoms with Gasteiger partial charge in [-0.1, -0.05) is 26.6 Å². The normalized spacial score (nSPS) is 13.5. The lowest BCUT2D eigenvalue weighted by atomic mass is 9.95. The Morgan fingerprint density at radius 3 is 2.25 bits per heavy atom. The molecule has 0 rings (SSSR count). The van der Waals surface area contributed by atoms with Crippen molar-refractivity contribution in [1.29, 1.82) is 0 Å². The van der Waals surface area contributed by atoms with Crippen molar-refractivity contribution in [2.45, 2.75) is 58.9 Å². The zero-order chi connectivity index (χ0) is 11.0. The third-order valence-corrected chi connectivity index (χ3v) is 1.80. The molecular formula is C10H20O2. The van der Waals surface area contributed by atoms with Crippen molar-refractivity contribution in [2.24, 2.45) is 0 Å². The van der Waals surface area contributed by atoms with Gasteiger partial charge in [-0.3, -0.25) is 4.79 Å². The molecule has 0 atom stereocenters. The molecule has 0 radical (unpaired) electrons. The van der Waals surface area contributed by atoms with E-state index in [0.717, 1.165) is 25.7 Å². The molecule has 0 heterocycles. The molecule has 0 aromatic rings. The van der Waals surface area contributed by atoms with Crippen LogP contribution in [-0.2, 0) is 9.53 Å². The van der Waals surface area contributed by atoms with Gasteiger partial charge in [0.2, 0.25) is 0 Å². The van der Waals surface area contributed by atoms with E-state index in [4.69, 9.17) is 7.48 Å². The fourth-order valence-corrected chi connectivity index (χ4v) is 1.32. The fourth-order valence-electron chi connectivity index (χ4n) is 1.32. The average molecular weight is 176 g/mol. The lowest BCUT2D eigenvalue weighted by Crippen LogP contribution is -2.30. The predicted molar refractivity (Wildman–Crippen MR) is 50.0 cm³/mol. The minimum absolute atomic E-state index is 0.275. The Labute approximate surface area is 78.1 Å². The Morgan fingerprint density at radius 2 is 1.92 bits per heavy atom. The summed E-state index contributed by atoms with van der Waals surface area (Å²) in [6.45, 7) is 4.01. The number of carbonyl (C=O) groups is 1. The second kappa shape index (κ2) is 5.18. The standard InChI is InChI=1S/C10H20O2/c1-5-7-10(4,8-6-2)12-9(3)11/h5-8H2,1-4H3/i1T,2T. The summed E-state index contributed by atoms with van der Waals surface area (Å²) in [6, 6.07) is 0. The summed E-state index contributed by atoms with van der Waals surface area (Å²) < 4.78 is 19.4. The van der Waals surface area contributed by atoms with Gasteiger partial charge in [0, 0.05) is 9.67 Å². The molecule has 2 heteroatoms. The molecule has 72 valence electrons. The van der Waals surface area contributed by atoms with Gasteiger partial charge in [0.1, 0.15) is 5.60 Å². The molecule has 0 N–H and O–H groups in total. The van der Waals surface area contributed by atoms with Crippen LogP contribution in [-0.4, -0.2) is 11.6 Å². The largest absolute Gasteiger partial charge is 0.460 e. The summed E-state index contributed by atoms with van der Waals surface area (Å²) >= 11 is 0. The summed E-state index contributed by atoms with van der Waals surface area (Å²) in [5.74, 6) is -0.275. The summed E-state index contributed by atoms with van der Waals surface area (Å²) in [7, 11) is 0. The van der Waals surface area contributed by atoms with Gasteiger partial charge < -0.3 is 4.74 Å². The van der Waals surface area contributed by atoms with Crippen molar-refractivity contribution in [3.63, 3.8) is 0 Å². The molecule has 0 aromatic carbocycles. The molecule has 0 saturated heterocycles. The highest BCUT2D eigenvalue weighted by atomic mass is 16.6. The first-order chi connectivity index (χ1) is 6.54. The van der Waals surface area contributed by atoms with Crippen LogP contribution in [0.15, 0.2) is 0 Å². The Morgan fingerprint density at radius 1 is 1.42 bits per heavy atom. The smallest absolute Gasteiger partial charge is 0.303 e. The highest BCUT2D eigenvalue weighted by molar-refractivity contribution is 5.66. The summed E-state index contributed by atoms with van der Waals surface area (Å²) in [5, 5.41) is 0. The van der Waals surface area contributed by atoms with Crippen molar-refractivity contribution in [3.8, 4) is 0 Å². The third kappa shape index (κ3) is 4.37. The van der Waals surface area contributed by atoms with Crippen LogP contribution < -0.4 is 0 Å². The number of hydrogen-bond acceptors (Lipinski definition) is 2. The van der Waals surface area contributed by atoms with E-state index < -0.39 is 5.60 Å². The Balaban J connectivity index is 4.09. The van der Waals surface area contributed by atoms with E-state index in [1.807, 2.05) is 6.92 Å². The van der Waals surface area contributed by atoms with E-state index in [1.165, 1.54) is 6.92 Å². The molecule has 0 spiro atoms. The van der Waals surface area contributed by atoms with E-state index in [-0.39, 0.29) is 5.97 Å². The van der Waals surface area contributed by atoms with Crippen LogP contribution in [0.2, 0.25) is 0 Å². The van der Waals surface area contributed by atoms with Crippen molar-refractivity contribution >= 4 is 5.97 Å². The zero-order valence-electron chi connectivity index (χ0n) is 10.1. The highest BCUT2D eigenvalue weighted by Crippen LogP contribution is 2.23. The SMILES string of the molecule is [3H]CCCC(C)(CCC[3H])OC(C)=O. The van der Waals surface area contributed by atoms with Crippen LogP contribution in [0.3, 0.4) is 0 Å². The predicted octanol–water partition coefficient (Wildman–Crippen LogP) is 2.91. The van der Waals surface area contributed by atoms with Gasteiger partial charge in [0.15, 0.2) is 0 Å². The minimum Gasteiger partial charge on any atom is -0.460 e. The zero-order valence-corrected chi connectivity index (χ0v) is 8.06. The number of rotatable bonds is 5. The number of ether oxygens (including phenoxy) is 1. The monoisotopic (exact) mass is 176 g/mol. The molecule has 0 bridgehead atoms. The summed E-state index contributed by atoms with van der Waals surface area (Å²) in [6.07, 6.45) is 2.91. The Kier molecular flexibility index (Phi) is 3.49. The van der Waals surface area contributed by atoms with Crippen molar-refractivity contribution < 1.29 is 12.3 Å². The number of carbonyl (C=O) groups excluding carboxylic acids is 1. The van der Waals surface area contributed by atoms with Gasteiger partial charge in [-0.15, -0.1) is 0 Å². The maximum absolute atomic E-state index is 10.9. The molecule has 0 aliphatic carbocycles. The van der Waals surface area contributed by atoms with Crippen molar-refractivity contribution in [1.82, 2.24) is 0 Å². The average Bonchev–Trinajstić information content (AvgIpc) is 2.11. The van der Waals surface area contributed by atoms with E-state index in [2.05, 4.69) is 0 Å². The molecule has 0 aromatic heterocycles. The molecule has 0 fully saturated rings. The molecule has 0 unspecified atom stereocenters. The van der Waals surface area contributed by atoms with Crippen LogP contribution in [0.5, 0.6) is 0 Å². The minimum atomic E-state index is -0.464. The molecule has 0 aliphatic heterocycles. The topological polar surface area (TPSA) is 26.3 Å². The first kappa shape index (κ1) is 8.09. The molecule has 2 nitrogen and oxygen atoms in total. The van der Waals surface area contributed by atoms with Crippen LogP contribution >= 0.6 is 0 Å². The third-order valence-electron chi connectivity index (χ3n) is 1.80. The van der Waals surface area contributed by atoms with Gasteiger partial charge in [0.05, 0.1) is 0 Å². The van der Waals surface area contributed by atoms with E-state index in [9.17, 15) is 4.79 Å². The first-order valence-corrected chi connectivity index (χ1v) is 4.32. The van der Waals surface area contributed by atoms with Crippen molar-refractivity contribution in [2.75, 3.05) is 0 Å². The molecule has 0 amide bonds. The lowest BCUT2D eigenvalue weighted by molar-refractivity contribution is -0.156. The second-order valence-corrected chi connectivity index (χ2v) is 3.25. The van der Waals surface area contributed by atoms with Crippen LogP contribution in [0.1, 0.15) is 56.1 Å². The van der Waals surface area contributed by atoms with Crippen LogP contribution in [0, 0.1) is 0 Å². The molecule has 12 heavy (non-hydrogen) atoms.